The average molecular weight is 313 g/mol. The van der Waals surface area contributed by atoms with Gasteiger partial charge in [-0.25, -0.2) is 9.59 Å². The van der Waals surface area contributed by atoms with Crippen molar-refractivity contribution in [2.45, 2.75) is 39.5 Å². The lowest BCUT2D eigenvalue weighted by atomic mass is 10.1. The van der Waals surface area contributed by atoms with Crippen molar-refractivity contribution in [2.75, 3.05) is 13.2 Å². The number of carbonyl (C=O) groups is 2. The first-order valence-electron chi connectivity index (χ1n) is 7.23. The molecular weight excluding hydrogens is 292 g/mol. The molecule has 0 aliphatic carbocycles. The zero-order chi connectivity index (χ0) is 15.7. The van der Waals surface area contributed by atoms with Gasteiger partial charge < -0.3 is 9.47 Å². The van der Waals surface area contributed by atoms with E-state index in [0.29, 0.717) is 18.2 Å². The number of halogens is 1. The van der Waals surface area contributed by atoms with E-state index < -0.39 is 11.9 Å². The van der Waals surface area contributed by atoms with Crippen LogP contribution < -0.4 is 0 Å². The minimum Gasteiger partial charge on any atom is -0.462 e. The third-order valence-corrected chi connectivity index (χ3v) is 3.05. The molecule has 116 valence electrons. The molecule has 0 heterocycles. The van der Waals surface area contributed by atoms with Crippen LogP contribution in [0.5, 0.6) is 0 Å². The van der Waals surface area contributed by atoms with Crippen LogP contribution in [-0.2, 0) is 9.47 Å². The van der Waals surface area contributed by atoms with E-state index in [0.717, 1.165) is 25.7 Å². The molecular formula is C16H21ClO4. The first-order chi connectivity index (χ1) is 10.1. The first-order valence-corrected chi connectivity index (χ1v) is 7.61. The molecule has 1 aromatic carbocycles. The van der Waals surface area contributed by atoms with Crippen LogP contribution in [0.1, 0.15) is 60.2 Å². The normalized spacial score (nSPS) is 10.2. The Balaban J connectivity index is 2.74. The van der Waals surface area contributed by atoms with Crippen LogP contribution in [0, 0.1) is 0 Å². The van der Waals surface area contributed by atoms with Gasteiger partial charge in [-0.05, 0) is 31.0 Å². The van der Waals surface area contributed by atoms with Crippen LogP contribution in [0.2, 0.25) is 5.02 Å². The number of ether oxygens (including phenoxy) is 2. The van der Waals surface area contributed by atoms with Crippen LogP contribution in [-0.4, -0.2) is 25.2 Å². The highest BCUT2D eigenvalue weighted by molar-refractivity contribution is 6.31. The van der Waals surface area contributed by atoms with E-state index >= 15 is 0 Å². The number of hydrogen-bond acceptors (Lipinski definition) is 4. The molecule has 1 aromatic rings. The molecule has 4 nitrogen and oxygen atoms in total. The van der Waals surface area contributed by atoms with Crippen LogP contribution in [0.4, 0.5) is 0 Å². The van der Waals surface area contributed by atoms with Crippen molar-refractivity contribution < 1.29 is 19.1 Å². The van der Waals surface area contributed by atoms with Crippen molar-refractivity contribution in [3.63, 3.8) is 0 Å². The predicted molar refractivity (Wildman–Crippen MR) is 81.8 cm³/mol. The Hall–Kier alpha value is -1.55. The molecule has 0 N–H and O–H groups in total. The van der Waals surface area contributed by atoms with Crippen molar-refractivity contribution in [3.8, 4) is 0 Å². The average Bonchev–Trinajstić information content (AvgIpc) is 2.47. The molecule has 0 aromatic heterocycles. The summed E-state index contributed by atoms with van der Waals surface area (Å²) in [5, 5.41) is 0.308. The fourth-order valence-corrected chi connectivity index (χ4v) is 1.85. The maximum absolute atomic E-state index is 11.9. The molecule has 1 rings (SSSR count). The lowest BCUT2D eigenvalue weighted by Gasteiger charge is -2.08. The van der Waals surface area contributed by atoms with Crippen molar-refractivity contribution in [3.05, 3.63) is 34.3 Å². The Morgan fingerprint density at radius 3 is 1.71 bits per heavy atom. The molecule has 0 unspecified atom stereocenters. The molecule has 0 fully saturated rings. The Labute approximate surface area is 130 Å². The Morgan fingerprint density at radius 1 is 0.905 bits per heavy atom. The summed E-state index contributed by atoms with van der Waals surface area (Å²) >= 11 is 5.95. The van der Waals surface area contributed by atoms with Crippen LogP contribution in [0.25, 0.3) is 0 Å². The molecule has 0 saturated carbocycles. The van der Waals surface area contributed by atoms with Gasteiger partial charge in [0.1, 0.15) is 0 Å². The van der Waals surface area contributed by atoms with E-state index in [1.54, 1.807) is 0 Å². The van der Waals surface area contributed by atoms with E-state index in [2.05, 4.69) is 0 Å². The number of benzene rings is 1. The van der Waals surface area contributed by atoms with E-state index in [1.807, 2.05) is 13.8 Å². The van der Waals surface area contributed by atoms with Crippen molar-refractivity contribution >= 4 is 23.5 Å². The van der Waals surface area contributed by atoms with Gasteiger partial charge in [0.15, 0.2) is 0 Å². The van der Waals surface area contributed by atoms with Crippen molar-refractivity contribution in [1.82, 2.24) is 0 Å². The monoisotopic (exact) mass is 312 g/mol. The van der Waals surface area contributed by atoms with Gasteiger partial charge in [-0.3, -0.25) is 0 Å². The molecule has 0 aliphatic heterocycles. The summed E-state index contributed by atoms with van der Waals surface area (Å²) < 4.78 is 10.2. The topological polar surface area (TPSA) is 52.6 Å². The lowest BCUT2D eigenvalue weighted by Crippen LogP contribution is -2.10. The number of unbranched alkanes of at least 4 members (excludes halogenated alkanes) is 2. The summed E-state index contributed by atoms with van der Waals surface area (Å²) in [4.78, 5) is 23.7. The summed E-state index contributed by atoms with van der Waals surface area (Å²) in [6, 6.07) is 4.42. The minimum absolute atomic E-state index is 0.265. The minimum atomic E-state index is -0.478. The fourth-order valence-electron chi connectivity index (χ4n) is 1.61. The van der Waals surface area contributed by atoms with Crippen molar-refractivity contribution in [2.24, 2.45) is 0 Å². The predicted octanol–water partition coefficient (Wildman–Crippen LogP) is 4.25. The zero-order valence-electron chi connectivity index (χ0n) is 12.5. The van der Waals surface area contributed by atoms with E-state index in [1.165, 1.54) is 18.2 Å². The van der Waals surface area contributed by atoms with Gasteiger partial charge in [0.25, 0.3) is 0 Å². The molecule has 0 aliphatic rings. The highest BCUT2D eigenvalue weighted by atomic mass is 35.5. The molecule has 21 heavy (non-hydrogen) atoms. The van der Waals surface area contributed by atoms with E-state index in [-0.39, 0.29) is 11.1 Å². The smallest absolute Gasteiger partial charge is 0.338 e. The highest BCUT2D eigenvalue weighted by Gasteiger charge is 2.14. The van der Waals surface area contributed by atoms with Gasteiger partial charge in [-0.1, -0.05) is 38.3 Å². The Kier molecular flexibility index (Phi) is 7.83. The maximum atomic E-state index is 11.9. The first kappa shape index (κ1) is 17.5. The second kappa shape index (κ2) is 9.40. The number of carbonyl (C=O) groups excluding carboxylic acids is 2. The molecule has 0 atom stereocenters. The van der Waals surface area contributed by atoms with Crippen LogP contribution >= 0.6 is 11.6 Å². The third kappa shape index (κ3) is 6.17. The molecule has 0 saturated heterocycles. The summed E-state index contributed by atoms with van der Waals surface area (Å²) in [6.45, 7) is 4.74. The summed E-state index contributed by atoms with van der Waals surface area (Å²) in [5.74, 6) is -0.956. The summed E-state index contributed by atoms with van der Waals surface area (Å²) in [7, 11) is 0. The summed E-state index contributed by atoms with van der Waals surface area (Å²) in [5.41, 5.74) is 0.530. The molecule has 0 radical (unpaired) electrons. The molecule has 0 bridgehead atoms. The van der Waals surface area contributed by atoms with Gasteiger partial charge in [0.2, 0.25) is 0 Å². The van der Waals surface area contributed by atoms with E-state index in [4.69, 9.17) is 21.1 Å². The van der Waals surface area contributed by atoms with Gasteiger partial charge in [0.05, 0.1) is 24.3 Å². The number of hydrogen-bond donors (Lipinski definition) is 0. The standard InChI is InChI=1S/C16H21ClO4/c1-3-5-7-20-15(18)12-9-13(11-14(17)10-12)16(19)21-8-6-4-2/h9-11H,3-8H2,1-2H3. The van der Waals surface area contributed by atoms with Crippen molar-refractivity contribution in [1.29, 1.82) is 0 Å². The number of rotatable bonds is 8. The van der Waals surface area contributed by atoms with Gasteiger partial charge in [0, 0.05) is 5.02 Å². The molecule has 0 spiro atoms. The third-order valence-electron chi connectivity index (χ3n) is 2.83. The fraction of sp³-hybridized carbons (Fsp3) is 0.500. The van der Waals surface area contributed by atoms with Crippen LogP contribution in [0.3, 0.4) is 0 Å². The second-order valence-electron chi connectivity index (χ2n) is 4.71. The van der Waals surface area contributed by atoms with Crippen LogP contribution in [0.15, 0.2) is 18.2 Å². The summed E-state index contributed by atoms with van der Waals surface area (Å²) in [6.07, 6.45) is 3.49. The second-order valence-corrected chi connectivity index (χ2v) is 5.14. The Bertz CT molecular complexity index is 445. The van der Waals surface area contributed by atoms with Gasteiger partial charge in [-0.15, -0.1) is 0 Å². The molecule has 5 heteroatoms. The largest absolute Gasteiger partial charge is 0.462 e. The van der Waals surface area contributed by atoms with Gasteiger partial charge >= 0.3 is 11.9 Å². The van der Waals surface area contributed by atoms with Gasteiger partial charge in [-0.2, -0.15) is 0 Å². The number of esters is 2. The zero-order valence-corrected chi connectivity index (χ0v) is 13.2. The Morgan fingerprint density at radius 2 is 1.33 bits per heavy atom. The lowest BCUT2D eigenvalue weighted by molar-refractivity contribution is 0.0498. The maximum Gasteiger partial charge on any atom is 0.338 e. The SMILES string of the molecule is CCCCOC(=O)c1cc(Cl)cc(C(=O)OCCCC)c1. The molecule has 0 amide bonds. The highest BCUT2D eigenvalue weighted by Crippen LogP contribution is 2.17. The van der Waals surface area contributed by atoms with E-state index in [9.17, 15) is 9.59 Å². The quantitative estimate of drug-likeness (QED) is 0.532.